The van der Waals surface area contributed by atoms with Gasteiger partial charge in [-0.25, -0.2) is 8.42 Å². The van der Waals surface area contributed by atoms with Gasteiger partial charge in [0.1, 0.15) is 6.61 Å². The van der Waals surface area contributed by atoms with Gasteiger partial charge < -0.3 is 10.1 Å². The summed E-state index contributed by atoms with van der Waals surface area (Å²) in [6.07, 6.45) is 0. The standard InChI is InChI=1S/C23H21ClN2O5S/c24-12-17-13-25-20-11-21(31-14-16-7-3-1-4-8-16)23(26(27)28)19(22(17)20)15-32(29,30)18-9-5-2-6-10-18/h1-11,17,25H,12-15H2/t17-/m1/s1. The minimum Gasteiger partial charge on any atom is -0.482 e. The number of nitrogens with zero attached hydrogens (tertiary/aromatic N) is 1. The first-order chi connectivity index (χ1) is 15.4. The Balaban J connectivity index is 1.82. The number of nitro groups is 1. The second-order valence-corrected chi connectivity index (χ2v) is 9.80. The number of sulfone groups is 1. The first kappa shape index (κ1) is 22.1. The van der Waals surface area contributed by atoms with E-state index in [1.54, 1.807) is 24.3 Å². The van der Waals surface area contributed by atoms with Gasteiger partial charge in [0.15, 0.2) is 15.6 Å². The van der Waals surface area contributed by atoms with E-state index in [-0.39, 0.29) is 40.3 Å². The Kier molecular flexibility index (Phi) is 6.34. The highest BCUT2D eigenvalue weighted by molar-refractivity contribution is 7.90. The Morgan fingerprint density at radius 2 is 1.75 bits per heavy atom. The highest BCUT2D eigenvalue weighted by Gasteiger charge is 2.36. The molecule has 0 amide bonds. The van der Waals surface area contributed by atoms with Crippen LogP contribution in [0, 0.1) is 10.1 Å². The maximum absolute atomic E-state index is 13.1. The summed E-state index contributed by atoms with van der Waals surface area (Å²) in [5.41, 5.74) is 1.81. The zero-order valence-electron chi connectivity index (χ0n) is 17.0. The van der Waals surface area contributed by atoms with Crippen molar-refractivity contribution in [2.75, 3.05) is 17.7 Å². The largest absolute Gasteiger partial charge is 0.482 e. The Morgan fingerprint density at radius 1 is 1.09 bits per heavy atom. The van der Waals surface area contributed by atoms with E-state index in [0.29, 0.717) is 17.8 Å². The molecule has 0 fully saturated rings. The Morgan fingerprint density at radius 3 is 2.38 bits per heavy atom. The first-order valence-corrected chi connectivity index (χ1v) is 12.2. The van der Waals surface area contributed by atoms with Gasteiger partial charge in [0.25, 0.3) is 0 Å². The fraction of sp³-hybridized carbons (Fsp3) is 0.217. The summed E-state index contributed by atoms with van der Waals surface area (Å²) in [6.45, 7) is 0.584. The molecule has 0 spiro atoms. The molecule has 0 saturated carbocycles. The van der Waals surface area contributed by atoms with Crippen molar-refractivity contribution in [3.05, 3.63) is 93.5 Å². The minimum atomic E-state index is -3.84. The van der Waals surface area contributed by atoms with E-state index in [1.165, 1.54) is 12.1 Å². The van der Waals surface area contributed by atoms with Gasteiger partial charge in [-0.05, 0) is 23.3 Å². The number of benzene rings is 3. The van der Waals surface area contributed by atoms with Crippen molar-refractivity contribution in [2.45, 2.75) is 23.2 Å². The Hall–Kier alpha value is -3.10. The van der Waals surface area contributed by atoms with E-state index in [1.807, 2.05) is 30.3 Å². The van der Waals surface area contributed by atoms with Gasteiger partial charge in [0.05, 0.1) is 21.1 Å². The van der Waals surface area contributed by atoms with E-state index in [0.717, 1.165) is 5.56 Å². The van der Waals surface area contributed by atoms with Gasteiger partial charge >= 0.3 is 5.69 Å². The van der Waals surface area contributed by atoms with Crippen LogP contribution in [0.1, 0.15) is 22.6 Å². The lowest BCUT2D eigenvalue weighted by Gasteiger charge is -2.16. The zero-order chi connectivity index (χ0) is 22.7. The lowest BCUT2D eigenvalue weighted by atomic mass is 9.96. The summed E-state index contributed by atoms with van der Waals surface area (Å²) in [5.74, 6) is -0.527. The molecule has 0 unspecified atom stereocenters. The molecule has 0 bridgehead atoms. The van der Waals surface area contributed by atoms with Crippen LogP contribution in [0.2, 0.25) is 0 Å². The average Bonchev–Trinajstić information content (AvgIpc) is 3.21. The molecule has 0 aliphatic carbocycles. The third-order valence-electron chi connectivity index (χ3n) is 5.40. The van der Waals surface area contributed by atoms with Crippen LogP contribution >= 0.6 is 11.6 Å². The van der Waals surface area contributed by atoms with Crippen molar-refractivity contribution in [2.24, 2.45) is 0 Å². The van der Waals surface area contributed by atoms with Crippen LogP contribution in [0.25, 0.3) is 0 Å². The quantitative estimate of drug-likeness (QED) is 0.284. The highest BCUT2D eigenvalue weighted by atomic mass is 35.5. The number of halogens is 1. The SMILES string of the molecule is O=[N+]([O-])c1c(OCc2ccccc2)cc2c(c1CS(=O)(=O)c1ccccc1)[C@H](CCl)CN2. The molecule has 1 heterocycles. The summed E-state index contributed by atoms with van der Waals surface area (Å²) in [6, 6.07) is 18.7. The number of hydrogen-bond donors (Lipinski definition) is 1. The number of anilines is 1. The van der Waals surface area contributed by atoms with E-state index < -0.39 is 20.5 Å². The molecule has 0 aromatic heterocycles. The van der Waals surface area contributed by atoms with Crippen LogP contribution in [0.4, 0.5) is 11.4 Å². The summed E-state index contributed by atoms with van der Waals surface area (Å²) in [7, 11) is -3.84. The van der Waals surface area contributed by atoms with Crippen LogP contribution in [-0.4, -0.2) is 25.8 Å². The normalized spacial score (nSPS) is 15.1. The molecule has 1 atom stereocenters. The van der Waals surface area contributed by atoms with Crippen LogP contribution < -0.4 is 10.1 Å². The molecule has 3 aromatic rings. The van der Waals surface area contributed by atoms with Crippen molar-refractivity contribution in [3.63, 3.8) is 0 Å². The molecule has 1 N–H and O–H groups in total. The summed E-state index contributed by atoms with van der Waals surface area (Å²) < 4.78 is 32.1. The van der Waals surface area contributed by atoms with Gasteiger partial charge in [-0.15, -0.1) is 11.6 Å². The molecule has 32 heavy (non-hydrogen) atoms. The summed E-state index contributed by atoms with van der Waals surface area (Å²) in [4.78, 5) is 11.7. The Bertz CT molecular complexity index is 1230. The third-order valence-corrected chi connectivity index (χ3v) is 7.43. The van der Waals surface area contributed by atoms with Crippen LogP contribution in [-0.2, 0) is 22.2 Å². The Labute approximate surface area is 191 Å². The molecule has 4 rings (SSSR count). The van der Waals surface area contributed by atoms with Gasteiger partial charge in [-0.2, -0.15) is 0 Å². The second-order valence-electron chi connectivity index (χ2n) is 7.50. The molecule has 7 nitrogen and oxygen atoms in total. The van der Waals surface area contributed by atoms with Gasteiger partial charge in [-0.1, -0.05) is 48.5 Å². The molecule has 0 saturated heterocycles. The minimum absolute atomic E-state index is 0.0265. The number of fused-ring (bicyclic) bond motifs is 1. The summed E-state index contributed by atoms with van der Waals surface area (Å²) in [5, 5.41) is 15.3. The molecule has 0 radical (unpaired) electrons. The van der Waals surface area contributed by atoms with E-state index in [4.69, 9.17) is 16.3 Å². The first-order valence-electron chi connectivity index (χ1n) is 9.99. The average molecular weight is 473 g/mol. The molecule has 166 valence electrons. The smallest absolute Gasteiger partial charge is 0.315 e. The lowest BCUT2D eigenvalue weighted by Crippen LogP contribution is -2.12. The predicted molar refractivity (Wildman–Crippen MR) is 123 cm³/mol. The second kappa shape index (κ2) is 9.18. The van der Waals surface area contributed by atoms with Crippen molar-refractivity contribution in [1.29, 1.82) is 0 Å². The van der Waals surface area contributed by atoms with Crippen LogP contribution in [0.15, 0.2) is 71.6 Å². The van der Waals surface area contributed by atoms with E-state index in [2.05, 4.69) is 5.32 Å². The number of ether oxygens (including phenoxy) is 1. The molecule has 9 heteroatoms. The molecular weight excluding hydrogens is 452 g/mol. The van der Waals surface area contributed by atoms with Crippen molar-refractivity contribution >= 4 is 32.8 Å². The molecule has 1 aliphatic heterocycles. The molecule has 3 aromatic carbocycles. The van der Waals surface area contributed by atoms with Gasteiger partial charge in [-0.3, -0.25) is 10.1 Å². The third kappa shape index (κ3) is 4.42. The monoisotopic (exact) mass is 472 g/mol. The summed E-state index contributed by atoms with van der Waals surface area (Å²) >= 11 is 6.12. The van der Waals surface area contributed by atoms with Crippen LogP contribution in [0.3, 0.4) is 0 Å². The van der Waals surface area contributed by atoms with E-state index in [9.17, 15) is 18.5 Å². The predicted octanol–water partition coefficient (Wildman–Crippen LogP) is 4.90. The molecular formula is C23H21ClN2O5S. The lowest BCUT2D eigenvalue weighted by molar-refractivity contribution is -0.386. The number of rotatable bonds is 8. The van der Waals surface area contributed by atoms with Gasteiger partial charge in [0, 0.05) is 30.1 Å². The van der Waals surface area contributed by atoms with Crippen molar-refractivity contribution in [3.8, 4) is 5.75 Å². The fourth-order valence-corrected chi connectivity index (χ4v) is 5.56. The molecule has 1 aliphatic rings. The van der Waals surface area contributed by atoms with Crippen molar-refractivity contribution < 1.29 is 18.1 Å². The van der Waals surface area contributed by atoms with Gasteiger partial charge in [0.2, 0.25) is 0 Å². The highest BCUT2D eigenvalue weighted by Crippen LogP contribution is 2.46. The number of nitro benzene ring substituents is 1. The van der Waals surface area contributed by atoms with E-state index >= 15 is 0 Å². The topological polar surface area (TPSA) is 98.5 Å². The maximum Gasteiger partial charge on any atom is 0.315 e. The van der Waals surface area contributed by atoms with Crippen molar-refractivity contribution in [1.82, 2.24) is 0 Å². The fourth-order valence-electron chi connectivity index (χ4n) is 3.89. The number of alkyl halides is 1. The maximum atomic E-state index is 13.1. The zero-order valence-corrected chi connectivity index (χ0v) is 18.6. The number of nitrogens with one attached hydrogen (secondary N) is 1. The number of hydrogen-bond acceptors (Lipinski definition) is 6. The van der Waals surface area contributed by atoms with Crippen LogP contribution in [0.5, 0.6) is 5.75 Å².